The van der Waals surface area contributed by atoms with E-state index in [0.717, 1.165) is 57.8 Å². The number of rotatable bonds is 19. The van der Waals surface area contributed by atoms with Crippen LogP contribution < -0.4 is 0 Å². The predicted octanol–water partition coefficient (Wildman–Crippen LogP) is 5.14. The molecule has 0 aromatic rings. The third-order valence-electron chi connectivity index (χ3n) is 4.22. The Bertz CT molecular complexity index is 489. The molecule has 1 N–H and O–H groups in total. The first-order valence-corrected chi connectivity index (χ1v) is 12.4. The minimum atomic E-state index is -4.35. The number of unbranched alkanes of at least 4 members (excludes halogenated alkanes) is 8. The molecule has 0 bridgehead atoms. The molecule has 0 aliphatic heterocycles. The zero-order valence-electron chi connectivity index (χ0n) is 17.7. The molecule has 2 atom stereocenters. The number of carbonyl (C=O) groups is 2. The molecule has 0 saturated carbocycles. The van der Waals surface area contributed by atoms with Crippen LogP contribution in [0.15, 0.2) is 0 Å². The van der Waals surface area contributed by atoms with Crippen LogP contribution >= 0.6 is 20.7 Å². The summed E-state index contributed by atoms with van der Waals surface area (Å²) in [4.78, 5) is 33.1. The highest BCUT2D eigenvalue weighted by Gasteiger charge is 2.25. The molecule has 0 heterocycles. The molecule has 0 aromatic heterocycles. The van der Waals surface area contributed by atoms with Gasteiger partial charge in [-0.1, -0.05) is 65.2 Å². The number of hydrogen-bond donors (Lipinski definition) is 2. The minimum absolute atomic E-state index is 0.228. The molecule has 0 fully saturated rings. The fraction of sp³-hybridized carbons (Fsp3) is 0.895. The molecule has 0 radical (unpaired) electrons. The lowest BCUT2D eigenvalue weighted by molar-refractivity contribution is -0.161. The molecule has 8 nitrogen and oxygen atoms in total. The standard InChI is InChI=1S/C19H37O8PS/c1-3-5-7-9-11-13-18(20)24-15-17(16-25-28(22,23)27-29)26-19(21)14-12-10-8-6-4-2/h17,29H,3-16H2,1-2H3,(H,22,23). The van der Waals surface area contributed by atoms with Gasteiger partial charge in [-0.05, 0) is 25.8 Å². The minimum Gasteiger partial charge on any atom is -0.462 e. The van der Waals surface area contributed by atoms with Crippen molar-refractivity contribution in [3.63, 3.8) is 0 Å². The first kappa shape index (κ1) is 28.4. The van der Waals surface area contributed by atoms with Crippen LogP contribution in [0.25, 0.3) is 0 Å². The van der Waals surface area contributed by atoms with E-state index < -0.39 is 32.5 Å². The van der Waals surface area contributed by atoms with Gasteiger partial charge in [0, 0.05) is 12.8 Å². The number of thiol groups is 1. The lowest BCUT2D eigenvalue weighted by Crippen LogP contribution is -2.29. The summed E-state index contributed by atoms with van der Waals surface area (Å²) >= 11 is 3.26. The molecule has 0 aliphatic rings. The van der Waals surface area contributed by atoms with Crippen LogP contribution in [0.5, 0.6) is 0 Å². The SMILES string of the molecule is CCCCCCCC(=O)OCC(COP(=O)(O)OS)OC(=O)CCCCCCC. The number of phosphoric acid groups is 1. The van der Waals surface area contributed by atoms with Crippen molar-refractivity contribution in [2.45, 2.75) is 97.0 Å². The molecule has 0 spiro atoms. The van der Waals surface area contributed by atoms with Gasteiger partial charge in [0.15, 0.2) is 6.10 Å². The second-order valence-corrected chi connectivity index (χ2v) is 8.82. The summed E-state index contributed by atoms with van der Waals surface area (Å²) in [7, 11) is -4.35. The van der Waals surface area contributed by atoms with E-state index in [1.807, 2.05) is 0 Å². The van der Waals surface area contributed by atoms with Crippen molar-refractivity contribution in [1.82, 2.24) is 0 Å². The third-order valence-corrected chi connectivity index (χ3v) is 5.52. The van der Waals surface area contributed by atoms with E-state index in [0.29, 0.717) is 6.42 Å². The van der Waals surface area contributed by atoms with Crippen molar-refractivity contribution in [2.75, 3.05) is 13.2 Å². The van der Waals surface area contributed by atoms with E-state index in [1.165, 1.54) is 0 Å². The Morgan fingerprint density at radius 1 is 0.862 bits per heavy atom. The molecule has 0 aliphatic carbocycles. The van der Waals surface area contributed by atoms with Crippen molar-refractivity contribution in [3.05, 3.63) is 0 Å². The molecule has 2 unspecified atom stereocenters. The normalized spacial score (nSPS) is 14.2. The van der Waals surface area contributed by atoms with Crippen molar-refractivity contribution in [2.24, 2.45) is 0 Å². The summed E-state index contributed by atoms with van der Waals surface area (Å²) < 4.78 is 30.5. The van der Waals surface area contributed by atoms with Gasteiger partial charge in [-0.15, -0.1) is 0 Å². The van der Waals surface area contributed by atoms with Crippen LogP contribution in [0.1, 0.15) is 90.9 Å². The van der Waals surface area contributed by atoms with Crippen molar-refractivity contribution >= 4 is 32.7 Å². The van der Waals surface area contributed by atoms with E-state index in [4.69, 9.17) is 14.0 Å². The van der Waals surface area contributed by atoms with Crippen LogP contribution in [0.2, 0.25) is 0 Å². The van der Waals surface area contributed by atoms with Gasteiger partial charge in [0.2, 0.25) is 0 Å². The predicted molar refractivity (Wildman–Crippen MR) is 113 cm³/mol. The lowest BCUT2D eigenvalue weighted by atomic mass is 10.1. The molecule has 29 heavy (non-hydrogen) atoms. The van der Waals surface area contributed by atoms with Crippen molar-refractivity contribution in [3.8, 4) is 0 Å². The zero-order chi connectivity index (χ0) is 22.0. The monoisotopic (exact) mass is 456 g/mol. The Balaban J connectivity index is 4.36. The zero-order valence-corrected chi connectivity index (χ0v) is 19.5. The Kier molecular flexibility index (Phi) is 17.8. The number of ether oxygens (including phenoxy) is 2. The van der Waals surface area contributed by atoms with Crippen LogP contribution in [-0.4, -0.2) is 36.1 Å². The second-order valence-electron chi connectivity index (χ2n) is 6.97. The molecule has 0 saturated heterocycles. The van der Waals surface area contributed by atoms with Crippen molar-refractivity contribution < 1.29 is 37.0 Å². The molecular weight excluding hydrogens is 419 g/mol. The highest BCUT2D eigenvalue weighted by molar-refractivity contribution is 7.80. The highest BCUT2D eigenvalue weighted by Crippen LogP contribution is 2.44. The first-order valence-electron chi connectivity index (χ1n) is 10.5. The second kappa shape index (κ2) is 18.2. The molecule has 0 rings (SSSR count). The maximum Gasteiger partial charge on any atom is 0.483 e. The summed E-state index contributed by atoms with van der Waals surface area (Å²) in [6, 6.07) is 0. The average molecular weight is 457 g/mol. The maximum atomic E-state index is 12.0. The Hall–Kier alpha value is -0.600. The van der Waals surface area contributed by atoms with Gasteiger partial charge in [0.1, 0.15) is 6.61 Å². The molecule has 0 amide bonds. The fourth-order valence-electron chi connectivity index (χ4n) is 2.57. The Morgan fingerprint density at radius 2 is 1.38 bits per heavy atom. The summed E-state index contributed by atoms with van der Waals surface area (Å²) in [5.41, 5.74) is 0. The van der Waals surface area contributed by atoms with Crippen LogP contribution in [-0.2, 0) is 32.1 Å². The number of hydrogen-bond acceptors (Lipinski definition) is 8. The van der Waals surface area contributed by atoms with E-state index in [-0.39, 0.29) is 19.4 Å². The van der Waals surface area contributed by atoms with Gasteiger partial charge in [-0.2, -0.15) is 0 Å². The molecule has 0 aromatic carbocycles. The van der Waals surface area contributed by atoms with Gasteiger partial charge in [0.05, 0.1) is 6.61 Å². The first-order chi connectivity index (χ1) is 13.8. The fourth-order valence-corrected chi connectivity index (χ4v) is 3.11. The maximum absolute atomic E-state index is 12.0. The topological polar surface area (TPSA) is 108 Å². The average Bonchev–Trinajstić information content (AvgIpc) is 2.69. The van der Waals surface area contributed by atoms with Gasteiger partial charge in [0.25, 0.3) is 0 Å². The van der Waals surface area contributed by atoms with Gasteiger partial charge in [-0.25, -0.2) is 8.54 Å². The summed E-state index contributed by atoms with van der Waals surface area (Å²) in [6.07, 6.45) is 9.45. The van der Waals surface area contributed by atoms with E-state index in [1.54, 1.807) is 0 Å². The van der Waals surface area contributed by atoms with Crippen LogP contribution in [0, 0.1) is 0 Å². The van der Waals surface area contributed by atoms with E-state index >= 15 is 0 Å². The Morgan fingerprint density at radius 3 is 1.90 bits per heavy atom. The summed E-state index contributed by atoms with van der Waals surface area (Å²) in [5.74, 6) is -0.870. The van der Waals surface area contributed by atoms with E-state index in [9.17, 15) is 19.0 Å². The number of esters is 2. The Labute approximate surface area is 180 Å². The third kappa shape index (κ3) is 17.9. The van der Waals surface area contributed by atoms with Gasteiger partial charge < -0.3 is 14.4 Å². The quantitative estimate of drug-likeness (QED) is 0.0904. The highest BCUT2D eigenvalue weighted by atomic mass is 32.1. The summed E-state index contributed by atoms with van der Waals surface area (Å²) in [5, 5.41) is 0. The van der Waals surface area contributed by atoms with Crippen LogP contribution in [0.4, 0.5) is 0 Å². The van der Waals surface area contributed by atoms with Gasteiger partial charge in [-0.3, -0.25) is 14.1 Å². The van der Waals surface area contributed by atoms with E-state index in [2.05, 4.69) is 30.7 Å². The van der Waals surface area contributed by atoms with Crippen LogP contribution in [0.3, 0.4) is 0 Å². The lowest BCUT2D eigenvalue weighted by Gasteiger charge is -2.19. The van der Waals surface area contributed by atoms with Crippen molar-refractivity contribution in [1.29, 1.82) is 0 Å². The number of carbonyl (C=O) groups excluding carboxylic acids is 2. The molecule has 172 valence electrons. The smallest absolute Gasteiger partial charge is 0.462 e. The largest absolute Gasteiger partial charge is 0.483 e. The molecule has 10 heteroatoms. The number of phosphoric ester groups is 1. The van der Waals surface area contributed by atoms with Gasteiger partial charge >= 0.3 is 19.8 Å². The molecular formula is C19H37O8PS. The summed E-state index contributed by atoms with van der Waals surface area (Å²) in [6.45, 7) is 3.54.